The molecule has 0 aliphatic heterocycles. The van der Waals surface area contributed by atoms with E-state index in [4.69, 9.17) is 16.3 Å². The SMILES string of the molecule is Cc1cc(OCCCC(=O)Nc2ccc(NC(=O)C3CC3)cc2)ccc1Cl. The zero-order valence-corrected chi connectivity index (χ0v) is 16.0. The zero-order chi connectivity index (χ0) is 19.2. The lowest BCUT2D eigenvalue weighted by atomic mass is 10.2. The van der Waals surface area contributed by atoms with Crippen molar-refractivity contribution < 1.29 is 14.3 Å². The molecular weight excluding hydrogens is 364 g/mol. The van der Waals surface area contributed by atoms with Crippen molar-refractivity contribution in [2.24, 2.45) is 5.92 Å². The van der Waals surface area contributed by atoms with Gasteiger partial charge in [-0.2, -0.15) is 0 Å². The number of anilines is 2. The summed E-state index contributed by atoms with van der Waals surface area (Å²) in [7, 11) is 0. The Balaban J connectivity index is 1.37. The maximum atomic E-state index is 12.0. The molecule has 2 amide bonds. The lowest BCUT2D eigenvalue weighted by molar-refractivity contribution is -0.117. The number of ether oxygens (including phenoxy) is 1. The summed E-state index contributed by atoms with van der Waals surface area (Å²) in [6.45, 7) is 2.38. The second-order valence-corrected chi connectivity index (χ2v) is 7.16. The largest absolute Gasteiger partial charge is 0.494 e. The second kappa shape index (κ2) is 8.91. The summed E-state index contributed by atoms with van der Waals surface area (Å²) in [4.78, 5) is 23.8. The number of amides is 2. The Morgan fingerprint density at radius 2 is 1.74 bits per heavy atom. The lowest BCUT2D eigenvalue weighted by Crippen LogP contribution is -2.14. The molecule has 1 aliphatic rings. The van der Waals surface area contributed by atoms with Crippen LogP contribution in [0, 0.1) is 12.8 Å². The van der Waals surface area contributed by atoms with Crippen molar-refractivity contribution in [1.82, 2.24) is 0 Å². The van der Waals surface area contributed by atoms with Crippen LogP contribution in [0.25, 0.3) is 0 Å². The Bertz CT molecular complexity index is 817. The summed E-state index contributed by atoms with van der Waals surface area (Å²) in [5, 5.41) is 6.43. The smallest absolute Gasteiger partial charge is 0.227 e. The van der Waals surface area contributed by atoms with Gasteiger partial charge in [-0.15, -0.1) is 0 Å². The Hall–Kier alpha value is -2.53. The van der Waals surface area contributed by atoms with E-state index in [-0.39, 0.29) is 17.7 Å². The van der Waals surface area contributed by atoms with Gasteiger partial charge < -0.3 is 15.4 Å². The lowest BCUT2D eigenvalue weighted by Gasteiger charge is -2.09. The normalized spacial score (nSPS) is 13.1. The first kappa shape index (κ1) is 19.2. The van der Waals surface area contributed by atoms with E-state index < -0.39 is 0 Å². The minimum absolute atomic E-state index is 0.0688. The average molecular weight is 387 g/mol. The van der Waals surface area contributed by atoms with Crippen LogP contribution in [0.2, 0.25) is 5.02 Å². The molecule has 0 atom stereocenters. The van der Waals surface area contributed by atoms with Crippen LogP contribution in [0.4, 0.5) is 11.4 Å². The van der Waals surface area contributed by atoms with Gasteiger partial charge in [-0.3, -0.25) is 9.59 Å². The van der Waals surface area contributed by atoms with Crippen LogP contribution < -0.4 is 15.4 Å². The summed E-state index contributed by atoms with van der Waals surface area (Å²) in [6, 6.07) is 12.7. The molecule has 0 heterocycles. The number of carbonyl (C=O) groups is 2. The van der Waals surface area contributed by atoms with Gasteiger partial charge in [0.1, 0.15) is 5.75 Å². The van der Waals surface area contributed by atoms with Gasteiger partial charge in [0.2, 0.25) is 11.8 Å². The zero-order valence-electron chi connectivity index (χ0n) is 15.3. The highest BCUT2D eigenvalue weighted by Crippen LogP contribution is 2.30. The van der Waals surface area contributed by atoms with Crippen molar-refractivity contribution in [3.05, 3.63) is 53.1 Å². The molecule has 0 bridgehead atoms. The topological polar surface area (TPSA) is 67.4 Å². The predicted molar refractivity (Wildman–Crippen MR) is 107 cm³/mol. The van der Waals surface area contributed by atoms with Gasteiger partial charge in [-0.05, 0) is 74.2 Å². The van der Waals surface area contributed by atoms with Crippen molar-refractivity contribution >= 4 is 34.8 Å². The molecule has 2 aromatic carbocycles. The van der Waals surface area contributed by atoms with E-state index in [1.807, 2.05) is 19.1 Å². The molecule has 0 radical (unpaired) electrons. The van der Waals surface area contributed by atoms with Gasteiger partial charge in [-0.25, -0.2) is 0 Å². The van der Waals surface area contributed by atoms with E-state index in [0.29, 0.717) is 30.2 Å². The Labute approximate surface area is 164 Å². The first-order valence-electron chi connectivity index (χ1n) is 9.11. The highest BCUT2D eigenvalue weighted by Gasteiger charge is 2.29. The summed E-state index contributed by atoms with van der Waals surface area (Å²) in [6.07, 6.45) is 2.93. The molecule has 1 fully saturated rings. The van der Waals surface area contributed by atoms with Crippen molar-refractivity contribution in [3.8, 4) is 5.75 Å². The molecule has 1 saturated carbocycles. The van der Waals surface area contributed by atoms with E-state index in [0.717, 1.165) is 29.8 Å². The molecule has 0 saturated heterocycles. The summed E-state index contributed by atoms with van der Waals surface area (Å²) in [5.74, 6) is 0.924. The minimum atomic E-state index is -0.0688. The fourth-order valence-electron chi connectivity index (χ4n) is 2.58. The third-order valence-electron chi connectivity index (χ3n) is 4.33. The average Bonchev–Trinajstić information content (AvgIpc) is 3.48. The third kappa shape index (κ3) is 6.00. The number of nitrogens with one attached hydrogen (secondary N) is 2. The number of halogens is 1. The molecule has 0 spiro atoms. The quantitative estimate of drug-likeness (QED) is 0.640. The van der Waals surface area contributed by atoms with Crippen molar-refractivity contribution in [2.45, 2.75) is 32.6 Å². The van der Waals surface area contributed by atoms with Crippen LogP contribution in [0.3, 0.4) is 0 Å². The summed E-state index contributed by atoms with van der Waals surface area (Å²) >= 11 is 5.98. The number of hydrogen-bond acceptors (Lipinski definition) is 3. The van der Waals surface area contributed by atoms with Crippen LogP contribution in [-0.4, -0.2) is 18.4 Å². The van der Waals surface area contributed by atoms with Crippen LogP contribution in [0.1, 0.15) is 31.2 Å². The van der Waals surface area contributed by atoms with Gasteiger partial charge in [0.25, 0.3) is 0 Å². The molecule has 2 N–H and O–H groups in total. The molecule has 6 heteroatoms. The minimum Gasteiger partial charge on any atom is -0.494 e. The summed E-state index contributed by atoms with van der Waals surface area (Å²) in [5.41, 5.74) is 2.42. The maximum Gasteiger partial charge on any atom is 0.227 e. The molecule has 27 heavy (non-hydrogen) atoms. The van der Waals surface area contributed by atoms with Crippen molar-refractivity contribution in [2.75, 3.05) is 17.2 Å². The van der Waals surface area contributed by atoms with Crippen LogP contribution in [0.15, 0.2) is 42.5 Å². The van der Waals surface area contributed by atoms with Crippen LogP contribution >= 0.6 is 11.6 Å². The maximum absolute atomic E-state index is 12.0. The number of rotatable bonds is 8. The predicted octanol–water partition coefficient (Wildman–Crippen LogP) is 4.79. The van der Waals surface area contributed by atoms with Gasteiger partial charge in [-0.1, -0.05) is 11.6 Å². The Kier molecular flexibility index (Phi) is 6.35. The van der Waals surface area contributed by atoms with Gasteiger partial charge in [0.15, 0.2) is 0 Å². The molecule has 0 aromatic heterocycles. The van der Waals surface area contributed by atoms with E-state index in [1.54, 1.807) is 30.3 Å². The second-order valence-electron chi connectivity index (χ2n) is 6.75. The Morgan fingerprint density at radius 1 is 1.07 bits per heavy atom. The third-order valence-corrected chi connectivity index (χ3v) is 4.75. The molecule has 1 aliphatic carbocycles. The van der Waals surface area contributed by atoms with Crippen LogP contribution in [-0.2, 0) is 9.59 Å². The number of aryl methyl sites for hydroxylation is 1. The standard InChI is InChI=1S/C21H23ClN2O3/c1-14-13-18(10-11-19(14)22)27-12-2-3-20(25)23-16-6-8-17(9-7-16)24-21(26)15-4-5-15/h6-11,13,15H,2-5,12H2,1H3,(H,23,25)(H,24,26). The molecule has 142 valence electrons. The molecule has 2 aromatic rings. The van der Waals surface area contributed by atoms with Gasteiger partial charge in [0.05, 0.1) is 6.61 Å². The van der Waals surface area contributed by atoms with Crippen molar-refractivity contribution in [1.29, 1.82) is 0 Å². The first-order chi connectivity index (χ1) is 13.0. The molecular formula is C21H23ClN2O3. The van der Waals surface area contributed by atoms with Gasteiger partial charge >= 0.3 is 0 Å². The molecule has 0 unspecified atom stereocenters. The van der Waals surface area contributed by atoms with Crippen molar-refractivity contribution in [3.63, 3.8) is 0 Å². The highest BCUT2D eigenvalue weighted by atomic mass is 35.5. The van der Waals surface area contributed by atoms with E-state index in [2.05, 4.69) is 10.6 Å². The number of hydrogen-bond donors (Lipinski definition) is 2. The molecule has 3 rings (SSSR count). The highest BCUT2D eigenvalue weighted by molar-refractivity contribution is 6.31. The Morgan fingerprint density at radius 3 is 2.37 bits per heavy atom. The van der Waals surface area contributed by atoms with Crippen LogP contribution in [0.5, 0.6) is 5.75 Å². The number of benzene rings is 2. The monoisotopic (exact) mass is 386 g/mol. The van der Waals surface area contributed by atoms with E-state index >= 15 is 0 Å². The first-order valence-corrected chi connectivity index (χ1v) is 9.49. The fraction of sp³-hybridized carbons (Fsp3) is 0.333. The summed E-state index contributed by atoms with van der Waals surface area (Å²) < 4.78 is 5.64. The van der Waals surface area contributed by atoms with Gasteiger partial charge in [0, 0.05) is 28.7 Å². The van der Waals surface area contributed by atoms with E-state index in [9.17, 15) is 9.59 Å². The fourth-order valence-corrected chi connectivity index (χ4v) is 2.70. The number of carbonyl (C=O) groups excluding carboxylic acids is 2. The molecule has 5 nitrogen and oxygen atoms in total. The van der Waals surface area contributed by atoms with E-state index in [1.165, 1.54) is 0 Å².